The first-order valence-electron chi connectivity index (χ1n) is 9.77. The van der Waals surface area contributed by atoms with Crippen LogP contribution in [0.4, 0.5) is 5.82 Å². The van der Waals surface area contributed by atoms with Gasteiger partial charge in [0.2, 0.25) is 0 Å². The summed E-state index contributed by atoms with van der Waals surface area (Å²) in [6.07, 6.45) is 0. The van der Waals surface area contributed by atoms with Gasteiger partial charge < -0.3 is 14.8 Å². The van der Waals surface area contributed by atoms with Gasteiger partial charge in [0.05, 0.1) is 30.7 Å². The largest absolute Gasteiger partial charge is 0.493 e. The van der Waals surface area contributed by atoms with E-state index in [0.29, 0.717) is 17.3 Å². The van der Waals surface area contributed by atoms with Crippen molar-refractivity contribution in [1.29, 1.82) is 0 Å². The fourth-order valence-electron chi connectivity index (χ4n) is 3.34. The number of nitrogens with zero attached hydrogens (tertiary/aromatic N) is 2. The van der Waals surface area contributed by atoms with Crippen molar-refractivity contribution in [2.75, 3.05) is 19.5 Å². The van der Waals surface area contributed by atoms with Crippen molar-refractivity contribution >= 4 is 45.2 Å². The molecular weight excluding hydrogens is 430 g/mol. The summed E-state index contributed by atoms with van der Waals surface area (Å²) in [6.45, 7) is 5.58. The van der Waals surface area contributed by atoms with Gasteiger partial charge in [-0.25, -0.2) is 9.97 Å². The zero-order chi connectivity index (χ0) is 22.1. The van der Waals surface area contributed by atoms with Crippen molar-refractivity contribution in [3.8, 4) is 21.3 Å². The maximum atomic E-state index is 11.6. The number of Topliss-reactive ketones (excluding diaryl/α,β-unsaturated/α-hetero) is 1. The normalized spacial score (nSPS) is 12.0. The highest BCUT2D eigenvalue weighted by Crippen LogP contribution is 2.38. The number of hydrogen-bond donors (Lipinski definition) is 1. The van der Waals surface area contributed by atoms with Gasteiger partial charge in [-0.05, 0) is 51.1 Å². The fraction of sp³-hybridized carbons (Fsp3) is 0.261. The van der Waals surface area contributed by atoms with E-state index in [1.165, 1.54) is 16.2 Å². The van der Waals surface area contributed by atoms with Crippen LogP contribution in [0.5, 0.6) is 11.5 Å². The summed E-state index contributed by atoms with van der Waals surface area (Å²) in [5.41, 5.74) is 0.794. The Kier molecular flexibility index (Phi) is 5.93. The molecule has 3 aromatic heterocycles. The first-order valence-corrected chi connectivity index (χ1v) is 11.4. The van der Waals surface area contributed by atoms with E-state index in [4.69, 9.17) is 9.47 Å². The molecule has 3 heterocycles. The Morgan fingerprint density at radius 3 is 2.35 bits per heavy atom. The van der Waals surface area contributed by atoms with E-state index in [2.05, 4.69) is 34.3 Å². The smallest absolute Gasteiger partial charge is 0.169 e. The Labute approximate surface area is 188 Å². The van der Waals surface area contributed by atoms with Crippen LogP contribution in [0.1, 0.15) is 40.3 Å². The monoisotopic (exact) mass is 453 g/mol. The number of anilines is 1. The number of thiophene rings is 2. The van der Waals surface area contributed by atoms with Gasteiger partial charge in [-0.3, -0.25) is 4.79 Å². The molecule has 1 N–H and O–H groups in total. The number of aryl methyl sites for hydroxylation is 1. The van der Waals surface area contributed by atoms with Crippen LogP contribution in [0, 0.1) is 6.92 Å². The van der Waals surface area contributed by atoms with E-state index in [1.807, 2.05) is 31.2 Å². The third-order valence-electron chi connectivity index (χ3n) is 4.92. The van der Waals surface area contributed by atoms with Crippen LogP contribution in [0.2, 0.25) is 0 Å². The summed E-state index contributed by atoms with van der Waals surface area (Å²) in [5, 5.41) is 4.40. The van der Waals surface area contributed by atoms with Crippen molar-refractivity contribution in [1.82, 2.24) is 9.97 Å². The number of benzene rings is 1. The quantitative estimate of drug-likeness (QED) is 0.340. The maximum Gasteiger partial charge on any atom is 0.169 e. The van der Waals surface area contributed by atoms with Crippen molar-refractivity contribution < 1.29 is 14.3 Å². The number of methoxy groups -OCH3 is 2. The Morgan fingerprint density at radius 1 is 1.00 bits per heavy atom. The zero-order valence-electron chi connectivity index (χ0n) is 18.0. The molecule has 1 atom stereocenters. The molecule has 0 saturated carbocycles. The molecular formula is C23H23N3O3S2. The van der Waals surface area contributed by atoms with Crippen LogP contribution in [0.3, 0.4) is 0 Å². The molecule has 0 bridgehead atoms. The third-order valence-corrected chi connectivity index (χ3v) is 7.57. The summed E-state index contributed by atoms with van der Waals surface area (Å²) >= 11 is 3.24. The number of aromatic nitrogens is 2. The van der Waals surface area contributed by atoms with E-state index >= 15 is 0 Å². The molecule has 0 aliphatic rings. The fourth-order valence-corrected chi connectivity index (χ4v) is 5.34. The highest BCUT2D eigenvalue weighted by atomic mass is 32.1. The SMILES string of the molecule is COc1cc2nc(C)nc(NC(C)c3ccc(-c4ccc(C(C)=O)s4)s3)c2cc1OC. The van der Waals surface area contributed by atoms with Crippen molar-refractivity contribution in [3.63, 3.8) is 0 Å². The summed E-state index contributed by atoms with van der Waals surface area (Å²) < 4.78 is 10.9. The lowest BCUT2D eigenvalue weighted by molar-refractivity contribution is 0.102. The van der Waals surface area contributed by atoms with Crippen LogP contribution < -0.4 is 14.8 Å². The summed E-state index contributed by atoms with van der Waals surface area (Å²) in [6, 6.07) is 11.9. The number of carbonyl (C=O) groups is 1. The first-order chi connectivity index (χ1) is 14.9. The number of hydrogen-bond acceptors (Lipinski definition) is 8. The molecule has 0 fully saturated rings. The Hall–Kier alpha value is -2.97. The number of fused-ring (bicyclic) bond motifs is 1. The minimum atomic E-state index is 0.0385. The van der Waals surface area contributed by atoms with Crippen LogP contribution >= 0.6 is 22.7 Å². The van der Waals surface area contributed by atoms with E-state index in [1.54, 1.807) is 32.5 Å². The summed E-state index contributed by atoms with van der Waals surface area (Å²) in [4.78, 5) is 25.0. The first kappa shape index (κ1) is 21.3. The standard InChI is InChI=1S/C23H23N3O3S2/c1-12(19-6-8-21(30-19)22-9-7-20(31-22)13(2)27)24-23-15-10-17(28-4)18(29-5)11-16(15)25-14(3)26-23/h6-12H,1-5H3,(H,24,25,26). The number of ketones is 1. The van der Waals surface area contributed by atoms with Crippen molar-refractivity contribution in [2.45, 2.75) is 26.8 Å². The molecule has 1 aromatic carbocycles. The van der Waals surface area contributed by atoms with Crippen LogP contribution in [-0.2, 0) is 0 Å². The molecule has 0 amide bonds. The molecule has 0 aliphatic carbocycles. The lowest BCUT2D eigenvalue weighted by Crippen LogP contribution is -2.08. The summed E-state index contributed by atoms with van der Waals surface area (Å²) in [7, 11) is 3.23. The van der Waals surface area contributed by atoms with E-state index in [0.717, 1.165) is 31.4 Å². The van der Waals surface area contributed by atoms with E-state index in [9.17, 15) is 4.79 Å². The molecule has 6 nitrogen and oxygen atoms in total. The Bertz CT molecular complexity index is 1260. The van der Waals surface area contributed by atoms with Crippen LogP contribution in [0.25, 0.3) is 20.7 Å². The molecule has 4 rings (SSSR count). The van der Waals surface area contributed by atoms with Crippen LogP contribution in [-0.4, -0.2) is 30.0 Å². The molecule has 8 heteroatoms. The highest BCUT2D eigenvalue weighted by molar-refractivity contribution is 7.23. The highest BCUT2D eigenvalue weighted by Gasteiger charge is 2.16. The number of rotatable bonds is 7. The minimum absolute atomic E-state index is 0.0385. The zero-order valence-corrected chi connectivity index (χ0v) is 19.6. The van der Waals surface area contributed by atoms with Gasteiger partial charge in [-0.15, -0.1) is 22.7 Å². The van der Waals surface area contributed by atoms with E-state index < -0.39 is 0 Å². The number of nitrogens with one attached hydrogen (secondary N) is 1. The lowest BCUT2D eigenvalue weighted by atomic mass is 10.2. The molecule has 0 radical (unpaired) electrons. The van der Waals surface area contributed by atoms with Gasteiger partial charge in [0.1, 0.15) is 11.6 Å². The molecule has 0 aliphatic heterocycles. The average Bonchev–Trinajstić information content (AvgIpc) is 3.42. The minimum Gasteiger partial charge on any atom is -0.493 e. The van der Waals surface area contributed by atoms with Crippen molar-refractivity contribution in [2.24, 2.45) is 0 Å². The molecule has 31 heavy (non-hydrogen) atoms. The lowest BCUT2D eigenvalue weighted by Gasteiger charge is -2.16. The molecule has 0 saturated heterocycles. The topological polar surface area (TPSA) is 73.3 Å². The molecule has 1 unspecified atom stereocenters. The van der Waals surface area contributed by atoms with Gasteiger partial charge in [0, 0.05) is 26.1 Å². The van der Waals surface area contributed by atoms with Gasteiger partial charge in [0.15, 0.2) is 17.3 Å². The molecule has 160 valence electrons. The van der Waals surface area contributed by atoms with Gasteiger partial charge in [-0.1, -0.05) is 0 Å². The second kappa shape index (κ2) is 8.64. The number of ether oxygens (including phenoxy) is 2. The van der Waals surface area contributed by atoms with Crippen molar-refractivity contribution in [3.05, 3.63) is 52.0 Å². The Morgan fingerprint density at radius 2 is 1.68 bits per heavy atom. The molecule has 4 aromatic rings. The second-order valence-electron chi connectivity index (χ2n) is 7.13. The van der Waals surface area contributed by atoms with Gasteiger partial charge in [0.25, 0.3) is 0 Å². The average molecular weight is 454 g/mol. The van der Waals surface area contributed by atoms with Gasteiger partial charge in [-0.2, -0.15) is 0 Å². The predicted octanol–water partition coefficient (Wildman–Crippen LogP) is 6.12. The Balaban J connectivity index is 1.64. The third kappa shape index (κ3) is 4.26. The predicted molar refractivity (Wildman–Crippen MR) is 127 cm³/mol. The summed E-state index contributed by atoms with van der Waals surface area (Å²) in [5.74, 6) is 2.80. The van der Waals surface area contributed by atoms with Gasteiger partial charge >= 0.3 is 0 Å². The van der Waals surface area contributed by atoms with Crippen LogP contribution in [0.15, 0.2) is 36.4 Å². The molecule has 0 spiro atoms. The van der Waals surface area contributed by atoms with E-state index in [-0.39, 0.29) is 11.8 Å². The maximum absolute atomic E-state index is 11.6. The second-order valence-corrected chi connectivity index (χ2v) is 9.33. The number of carbonyl (C=O) groups excluding carboxylic acids is 1.